The van der Waals surface area contributed by atoms with Gasteiger partial charge in [0.25, 0.3) is 0 Å². The molecule has 1 aliphatic rings. The molecule has 0 spiro atoms. The van der Waals surface area contributed by atoms with Gasteiger partial charge in [-0.1, -0.05) is 32.6 Å². The van der Waals surface area contributed by atoms with Crippen molar-refractivity contribution >= 4 is 29.2 Å². The second-order valence-corrected chi connectivity index (χ2v) is 6.47. The van der Waals surface area contributed by atoms with E-state index in [1.807, 2.05) is 24.8 Å². The molecule has 3 heteroatoms. The lowest BCUT2D eigenvalue weighted by Gasteiger charge is -2.30. The minimum Gasteiger partial charge on any atom is -0.355 e. The lowest BCUT2D eigenvalue weighted by atomic mass is 10.0. The van der Waals surface area contributed by atoms with Crippen molar-refractivity contribution in [1.29, 1.82) is 0 Å². The maximum atomic E-state index is 4.93. The molecule has 0 N–H and O–H groups in total. The van der Waals surface area contributed by atoms with Gasteiger partial charge in [-0.3, -0.25) is 0 Å². The first-order valence-electron chi connectivity index (χ1n) is 7.32. The zero-order valence-corrected chi connectivity index (χ0v) is 13.4. The lowest BCUT2D eigenvalue weighted by molar-refractivity contribution is 0.813. The van der Waals surface area contributed by atoms with Crippen LogP contribution in [-0.2, 0) is 6.42 Å². The summed E-state index contributed by atoms with van der Waals surface area (Å²) in [6, 6.07) is 2.25. The highest BCUT2D eigenvalue weighted by molar-refractivity contribution is 7.99. The standard InChI is InChI=1S/C17H24N2S/c1-5-7-15-12-14(6-2)16(13(3)4)18-17(15)19-8-10-20-11-9-19/h6,12H,2-3,5,7-11H2,1,4H3. The Hall–Kier alpha value is -1.22. The molecule has 108 valence electrons. The fraction of sp³-hybridized carbons (Fsp3) is 0.471. The number of hydrogen-bond acceptors (Lipinski definition) is 3. The number of anilines is 1. The van der Waals surface area contributed by atoms with E-state index in [1.165, 1.54) is 17.1 Å². The van der Waals surface area contributed by atoms with Crippen LogP contribution in [0.15, 0.2) is 19.2 Å². The van der Waals surface area contributed by atoms with E-state index in [1.54, 1.807) is 0 Å². The molecule has 0 saturated carbocycles. The van der Waals surface area contributed by atoms with Gasteiger partial charge in [0.15, 0.2) is 0 Å². The van der Waals surface area contributed by atoms with Gasteiger partial charge in [-0.2, -0.15) is 11.8 Å². The maximum Gasteiger partial charge on any atom is 0.132 e. The van der Waals surface area contributed by atoms with E-state index in [9.17, 15) is 0 Å². The molecule has 0 amide bonds. The summed E-state index contributed by atoms with van der Waals surface area (Å²) in [4.78, 5) is 7.36. The molecule has 0 radical (unpaired) electrons. The van der Waals surface area contributed by atoms with Crippen molar-refractivity contribution in [2.75, 3.05) is 29.5 Å². The number of aromatic nitrogens is 1. The molecule has 20 heavy (non-hydrogen) atoms. The second-order valence-electron chi connectivity index (χ2n) is 5.24. The largest absolute Gasteiger partial charge is 0.355 e. The highest BCUT2D eigenvalue weighted by Crippen LogP contribution is 2.28. The minimum absolute atomic E-state index is 0.994. The molecule has 1 aliphatic heterocycles. The Morgan fingerprint density at radius 2 is 2.15 bits per heavy atom. The molecule has 1 aromatic rings. The summed E-state index contributed by atoms with van der Waals surface area (Å²) in [6.45, 7) is 14.4. The van der Waals surface area contributed by atoms with Crippen LogP contribution >= 0.6 is 11.8 Å². The smallest absolute Gasteiger partial charge is 0.132 e. The molecule has 0 bridgehead atoms. The molecule has 2 heterocycles. The van der Waals surface area contributed by atoms with Crippen LogP contribution in [0.4, 0.5) is 5.82 Å². The van der Waals surface area contributed by atoms with Gasteiger partial charge < -0.3 is 4.90 Å². The first-order valence-corrected chi connectivity index (χ1v) is 8.47. The van der Waals surface area contributed by atoms with Crippen molar-refractivity contribution in [2.24, 2.45) is 0 Å². The summed E-state index contributed by atoms with van der Waals surface area (Å²) in [7, 11) is 0. The van der Waals surface area contributed by atoms with E-state index in [-0.39, 0.29) is 0 Å². The van der Waals surface area contributed by atoms with Crippen molar-refractivity contribution in [2.45, 2.75) is 26.7 Å². The minimum atomic E-state index is 0.994. The molecule has 0 aliphatic carbocycles. The van der Waals surface area contributed by atoms with Crippen molar-refractivity contribution in [3.63, 3.8) is 0 Å². The summed E-state index contributed by atoms with van der Waals surface area (Å²) in [5, 5.41) is 0. The van der Waals surface area contributed by atoms with Gasteiger partial charge in [0.1, 0.15) is 5.82 Å². The van der Waals surface area contributed by atoms with E-state index >= 15 is 0 Å². The Balaban J connectivity index is 2.47. The van der Waals surface area contributed by atoms with Crippen molar-refractivity contribution in [3.8, 4) is 0 Å². The summed E-state index contributed by atoms with van der Waals surface area (Å²) >= 11 is 2.03. The SMILES string of the molecule is C=Cc1cc(CCC)c(N2CCSCC2)nc1C(=C)C. The number of pyridine rings is 1. The number of nitrogens with zero attached hydrogens (tertiary/aromatic N) is 2. The van der Waals surface area contributed by atoms with Crippen LogP contribution in [0.5, 0.6) is 0 Å². The van der Waals surface area contributed by atoms with Crippen molar-refractivity contribution < 1.29 is 0 Å². The monoisotopic (exact) mass is 288 g/mol. The van der Waals surface area contributed by atoms with Gasteiger partial charge in [0.2, 0.25) is 0 Å². The number of allylic oxidation sites excluding steroid dienone is 1. The van der Waals surface area contributed by atoms with Crippen LogP contribution in [0.1, 0.15) is 37.1 Å². The van der Waals surface area contributed by atoms with Crippen LogP contribution in [0.3, 0.4) is 0 Å². The van der Waals surface area contributed by atoms with Gasteiger partial charge in [-0.25, -0.2) is 4.98 Å². The van der Waals surface area contributed by atoms with Gasteiger partial charge in [-0.05, 0) is 30.5 Å². The summed E-state index contributed by atoms with van der Waals surface area (Å²) in [5.41, 5.74) is 4.46. The van der Waals surface area contributed by atoms with Gasteiger partial charge in [0.05, 0.1) is 5.69 Å². The van der Waals surface area contributed by atoms with Crippen LogP contribution < -0.4 is 4.90 Å². The molecule has 0 atom stereocenters. The first kappa shape index (κ1) is 15.2. The Morgan fingerprint density at radius 3 is 2.70 bits per heavy atom. The summed E-state index contributed by atoms with van der Waals surface area (Å²) in [6.07, 6.45) is 4.11. The summed E-state index contributed by atoms with van der Waals surface area (Å²) in [5.74, 6) is 3.55. The average Bonchev–Trinajstić information content (AvgIpc) is 2.47. The number of hydrogen-bond donors (Lipinski definition) is 0. The average molecular weight is 288 g/mol. The molecule has 2 rings (SSSR count). The predicted molar refractivity (Wildman–Crippen MR) is 92.6 cm³/mol. The molecule has 1 aromatic heterocycles. The molecule has 1 saturated heterocycles. The molecule has 2 nitrogen and oxygen atoms in total. The number of aryl methyl sites for hydroxylation is 1. The molecule has 1 fully saturated rings. The van der Waals surface area contributed by atoms with E-state index in [2.05, 4.69) is 31.0 Å². The van der Waals surface area contributed by atoms with Gasteiger partial charge >= 0.3 is 0 Å². The van der Waals surface area contributed by atoms with Gasteiger partial charge in [-0.15, -0.1) is 0 Å². The first-order chi connectivity index (χ1) is 9.67. The van der Waals surface area contributed by atoms with E-state index in [0.29, 0.717) is 0 Å². The van der Waals surface area contributed by atoms with Crippen molar-refractivity contribution in [3.05, 3.63) is 36.0 Å². The maximum absolute atomic E-state index is 4.93. The summed E-state index contributed by atoms with van der Waals surface area (Å²) < 4.78 is 0. The fourth-order valence-corrected chi connectivity index (χ4v) is 3.47. The zero-order chi connectivity index (χ0) is 14.5. The number of thioether (sulfide) groups is 1. The van der Waals surface area contributed by atoms with Crippen LogP contribution in [-0.4, -0.2) is 29.6 Å². The number of rotatable bonds is 5. The third-order valence-corrected chi connectivity index (χ3v) is 4.50. The Morgan fingerprint density at radius 1 is 1.45 bits per heavy atom. The Labute approximate surface area is 127 Å². The zero-order valence-electron chi connectivity index (χ0n) is 12.6. The second kappa shape index (κ2) is 6.98. The molecule has 0 unspecified atom stereocenters. The van der Waals surface area contributed by atoms with E-state index in [0.717, 1.165) is 48.6 Å². The Bertz CT molecular complexity index is 502. The normalized spacial score (nSPS) is 15.2. The third-order valence-electron chi connectivity index (χ3n) is 3.56. The van der Waals surface area contributed by atoms with Crippen LogP contribution in [0, 0.1) is 0 Å². The third kappa shape index (κ3) is 3.26. The van der Waals surface area contributed by atoms with Gasteiger partial charge in [0, 0.05) is 30.2 Å². The molecule has 0 aromatic carbocycles. The molecular weight excluding hydrogens is 264 g/mol. The highest BCUT2D eigenvalue weighted by Gasteiger charge is 2.18. The Kier molecular flexibility index (Phi) is 5.30. The van der Waals surface area contributed by atoms with Crippen LogP contribution in [0.25, 0.3) is 11.6 Å². The van der Waals surface area contributed by atoms with E-state index < -0.39 is 0 Å². The topological polar surface area (TPSA) is 16.1 Å². The quantitative estimate of drug-likeness (QED) is 0.805. The highest BCUT2D eigenvalue weighted by atomic mass is 32.2. The fourth-order valence-electron chi connectivity index (χ4n) is 2.56. The molecular formula is C17H24N2S. The van der Waals surface area contributed by atoms with E-state index in [4.69, 9.17) is 4.98 Å². The van der Waals surface area contributed by atoms with Crippen molar-refractivity contribution in [1.82, 2.24) is 4.98 Å². The lowest BCUT2D eigenvalue weighted by Crippen LogP contribution is -2.34. The van der Waals surface area contributed by atoms with Crippen LogP contribution in [0.2, 0.25) is 0 Å². The predicted octanol–water partition coefficient (Wildman–Crippen LogP) is 4.26.